The molecule has 0 unspecified atom stereocenters. The maximum Gasteiger partial charge on any atom is 0.417 e. The first-order valence-corrected chi connectivity index (χ1v) is 8.70. The summed E-state index contributed by atoms with van der Waals surface area (Å²) in [4.78, 5) is 28.1. The minimum Gasteiger partial charge on any atom is -0.497 e. The van der Waals surface area contributed by atoms with E-state index < -0.39 is 17.6 Å². The van der Waals surface area contributed by atoms with Crippen LogP contribution in [0, 0.1) is 0 Å². The van der Waals surface area contributed by atoms with E-state index in [1.54, 1.807) is 29.2 Å². The molecule has 0 aromatic heterocycles. The van der Waals surface area contributed by atoms with Gasteiger partial charge in [-0.3, -0.25) is 9.59 Å². The molecule has 0 N–H and O–H groups in total. The molecule has 1 aliphatic rings. The highest BCUT2D eigenvalue weighted by Crippen LogP contribution is 2.32. The molecule has 2 aromatic carbocycles. The van der Waals surface area contributed by atoms with E-state index in [1.165, 1.54) is 30.2 Å². The molecule has 0 saturated carbocycles. The van der Waals surface area contributed by atoms with Crippen molar-refractivity contribution in [1.82, 2.24) is 9.80 Å². The van der Waals surface area contributed by atoms with Gasteiger partial charge in [0.05, 0.1) is 18.2 Å². The van der Waals surface area contributed by atoms with Gasteiger partial charge in [-0.25, -0.2) is 0 Å². The maximum absolute atomic E-state index is 13.2. The monoisotopic (exact) mass is 392 g/mol. The van der Waals surface area contributed by atoms with Crippen molar-refractivity contribution in [2.75, 3.05) is 33.3 Å². The molecule has 8 heteroatoms. The van der Waals surface area contributed by atoms with Crippen molar-refractivity contribution in [2.24, 2.45) is 0 Å². The summed E-state index contributed by atoms with van der Waals surface area (Å²) in [6.45, 7) is 0.827. The van der Waals surface area contributed by atoms with Crippen LogP contribution < -0.4 is 4.74 Å². The second-order valence-electron chi connectivity index (χ2n) is 6.36. The Bertz CT molecular complexity index is 875. The third kappa shape index (κ3) is 4.11. The molecule has 0 atom stereocenters. The second-order valence-corrected chi connectivity index (χ2v) is 6.36. The van der Waals surface area contributed by atoms with E-state index in [9.17, 15) is 22.8 Å². The quantitative estimate of drug-likeness (QED) is 0.805. The van der Waals surface area contributed by atoms with Crippen LogP contribution in [0.1, 0.15) is 26.3 Å². The molecule has 1 heterocycles. The predicted octanol–water partition coefficient (Wildman–Crippen LogP) is 3.31. The standard InChI is InChI=1S/C20H19F3N2O3/c1-28-15-6-4-5-14(13-15)18(26)24-9-11-25(12-10-24)19(27)16-7-2-3-8-17(16)20(21,22)23/h2-8,13H,9-12H2,1H3. The van der Waals surface area contributed by atoms with E-state index in [2.05, 4.69) is 0 Å². The van der Waals surface area contributed by atoms with E-state index in [0.29, 0.717) is 11.3 Å². The molecule has 1 fully saturated rings. The molecule has 0 radical (unpaired) electrons. The molecule has 0 bridgehead atoms. The van der Waals surface area contributed by atoms with Gasteiger partial charge in [-0.15, -0.1) is 0 Å². The van der Waals surface area contributed by atoms with Crippen molar-refractivity contribution < 1.29 is 27.5 Å². The summed E-state index contributed by atoms with van der Waals surface area (Å²) in [5, 5.41) is 0. The molecule has 28 heavy (non-hydrogen) atoms. The molecule has 2 aromatic rings. The Morgan fingerprint density at radius 3 is 2.11 bits per heavy atom. The van der Waals surface area contributed by atoms with E-state index in [1.807, 2.05) is 0 Å². The Morgan fingerprint density at radius 2 is 1.50 bits per heavy atom. The number of carbonyl (C=O) groups is 2. The number of amides is 2. The van der Waals surface area contributed by atoms with Crippen molar-refractivity contribution in [2.45, 2.75) is 6.18 Å². The number of rotatable bonds is 3. The van der Waals surface area contributed by atoms with E-state index in [4.69, 9.17) is 4.74 Å². The predicted molar refractivity (Wildman–Crippen MR) is 96.2 cm³/mol. The van der Waals surface area contributed by atoms with Crippen molar-refractivity contribution in [3.05, 3.63) is 65.2 Å². The molecule has 148 valence electrons. The average Bonchev–Trinajstić information content (AvgIpc) is 2.72. The fourth-order valence-electron chi connectivity index (χ4n) is 3.14. The van der Waals surface area contributed by atoms with Crippen molar-refractivity contribution >= 4 is 11.8 Å². The zero-order valence-corrected chi connectivity index (χ0v) is 15.2. The fraction of sp³-hybridized carbons (Fsp3) is 0.300. The SMILES string of the molecule is COc1cccc(C(=O)N2CCN(C(=O)c3ccccc3C(F)(F)F)CC2)c1. The van der Waals surface area contributed by atoms with Gasteiger partial charge in [0.25, 0.3) is 11.8 Å². The van der Waals surface area contributed by atoms with Gasteiger partial charge >= 0.3 is 6.18 Å². The van der Waals surface area contributed by atoms with Gasteiger partial charge < -0.3 is 14.5 Å². The molecule has 5 nitrogen and oxygen atoms in total. The van der Waals surface area contributed by atoms with Gasteiger partial charge in [-0.1, -0.05) is 18.2 Å². The van der Waals surface area contributed by atoms with Gasteiger partial charge in [0.2, 0.25) is 0 Å². The average molecular weight is 392 g/mol. The highest BCUT2D eigenvalue weighted by molar-refractivity contribution is 5.97. The lowest BCUT2D eigenvalue weighted by atomic mass is 10.1. The first kappa shape index (κ1) is 19.7. The first-order chi connectivity index (χ1) is 13.3. The number of halogens is 3. The van der Waals surface area contributed by atoms with Crippen LogP contribution in [0.5, 0.6) is 5.75 Å². The molecule has 1 aliphatic heterocycles. The molecular weight excluding hydrogens is 373 g/mol. The van der Waals surface area contributed by atoms with E-state index in [0.717, 1.165) is 6.07 Å². The van der Waals surface area contributed by atoms with Gasteiger partial charge in [-0.2, -0.15) is 13.2 Å². The minimum atomic E-state index is -4.60. The van der Waals surface area contributed by atoms with Crippen molar-refractivity contribution in [1.29, 1.82) is 0 Å². The Labute approximate surface area is 160 Å². The topological polar surface area (TPSA) is 49.9 Å². The molecule has 3 rings (SSSR count). The summed E-state index contributed by atoms with van der Waals surface area (Å²) < 4.78 is 44.6. The Kier molecular flexibility index (Phi) is 5.58. The highest BCUT2D eigenvalue weighted by atomic mass is 19.4. The first-order valence-electron chi connectivity index (χ1n) is 8.70. The highest BCUT2D eigenvalue weighted by Gasteiger charge is 2.36. The number of hydrogen-bond donors (Lipinski definition) is 0. The van der Waals surface area contributed by atoms with Crippen LogP contribution in [0.2, 0.25) is 0 Å². The van der Waals surface area contributed by atoms with Crippen molar-refractivity contribution in [3.63, 3.8) is 0 Å². The number of hydrogen-bond acceptors (Lipinski definition) is 3. The third-order valence-corrected chi connectivity index (χ3v) is 4.63. The smallest absolute Gasteiger partial charge is 0.417 e. The van der Waals surface area contributed by atoms with Crippen LogP contribution in [-0.4, -0.2) is 54.9 Å². The normalized spacial score (nSPS) is 14.7. The zero-order valence-electron chi connectivity index (χ0n) is 15.2. The van der Waals surface area contributed by atoms with Crippen LogP contribution in [0.15, 0.2) is 48.5 Å². The van der Waals surface area contributed by atoms with Gasteiger partial charge in [-0.05, 0) is 30.3 Å². The van der Waals surface area contributed by atoms with Crippen LogP contribution in [0.3, 0.4) is 0 Å². The second kappa shape index (κ2) is 7.92. The summed E-state index contributed by atoms with van der Waals surface area (Å²) in [7, 11) is 1.51. The summed E-state index contributed by atoms with van der Waals surface area (Å²) in [5.41, 5.74) is -0.862. The number of methoxy groups -OCH3 is 1. The van der Waals surface area contributed by atoms with Crippen molar-refractivity contribution in [3.8, 4) is 5.75 Å². The zero-order chi connectivity index (χ0) is 20.3. The molecule has 0 spiro atoms. The van der Waals surface area contributed by atoms with Crippen LogP contribution in [-0.2, 0) is 6.18 Å². The van der Waals surface area contributed by atoms with Gasteiger partial charge in [0.15, 0.2) is 0 Å². The number of carbonyl (C=O) groups excluding carboxylic acids is 2. The van der Waals surface area contributed by atoms with Gasteiger partial charge in [0.1, 0.15) is 5.75 Å². The number of nitrogens with zero attached hydrogens (tertiary/aromatic N) is 2. The Morgan fingerprint density at radius 1 is 0.893 bits per heavy atom. The largest absolute Gasteiger partial charge is 0.497 e. The number of ether oxygens (including phenoxy) is 1. The van der Waals surface area contributed by atoms with E-state index in [-0.39, 0.29) is 37.6 Å². The van der Waals surface area contributed by atoms with Gasteiger partial charge in [0, 0.05) is 31.7 Å². The van der Waals surface area contributed by atoms with Crippen LogP contribution >= 0.6 is 0 Å². The number of piperazine rings is 1. The Hall–Kier alpha value is -3.03. The lowest BCUT2D eigenvalue weighted by Crippen LogP contribution is -2.50. The molecular formula is C20H19F3N2O3. The van der Waals surface area contributed by atoms with Crippen LogP contribution in [0.4, 0.5) is 13.2 Å². The summed E-state index contributed by atoms with van der Waals surface area (Å²) in [6, 6.07) is 11.5. The summed E-state index contributed by atoms with van der Waals surface area (Å²) in [5.74, 6) is -0.327. The molecule has 2 amide bonds. The lowest BCUT2D eigenvalue weighted by molar-refractivity contribution is -0.138. The molecule has 1 saturated heterocycles. The summed E-state index contributed by atoms with van der Waals surface area (Å²) >= 11 is 0. The maximum atomic E-state index is 13.2. The lowest BCUT2D eigenvalue weighted by Gasteiger charge is -2.35. The fourth-order valence-corrected chi connectivity index (χ4v) is 3.14. The number of benzene rings is 2. The summed E-state index contributed by atoms with van der Waals surface area (Å²) in [6.07, 6.45) is -4.60. The van der Waals surface area contributed by atoms with Crippen LogP contribution in [0.25, 0.3) is 0 Å². The third-order valence-electron chi connectivity index (χ3n) is 4.63. The minimum absolute atomic E-state index is 0.167. The Balaban J connectivity index is 1.69. The van der Waals surface area contributed by atoms with E-state index >= 15 is 0 Å². The number of alkyl halides is 3. The molecule has 0 aliphatic carbocycles.